The van der Waals surface area contributed by atoms with Gasteiger partial charge in [0.1, 0.15) is 0 Å². The predicted molar refractivity (Wildman–Crippen MR) is 77.8 cm³/mol. The van der Waals surface area contributed by atoms with Crippen molar-refractivity contribution in [2.75, 3.05) is 11.9 Å². The van der Waals surface area contributed by atoms with Gasteiger partial charge in [0, 0.05) is 24.0 Å². The van der Waals surface area contributed by atoms with Crippen LogP contribution in [-0.2, 0) is 0 Å². The van der Waals surface area contributed by atoms with Crippen molar-refractivity contribution in [2.45, 2.75) is 0 Å². The largest absolute Gasteiger partial charge is 0.378 e. The van der Waals surface area contributed by atoms with E-state index in [0.29, 0.717) is 11.6 Å². The maximum atomic E-state index is 5.78. The highest BCUT2D eigenvalue weighted by molar-refractivity contribution is 9.11. The minimum absolute atomic E-state index is 0.490. The van der Waals surface area contributed by atoms with Gasteiger partial charge in [-0.1, -0.05) is 39.1 Å². The molecule has 0 saturated carbocycles. The molecule has 0 heterocycles. The first-order chi connectivity index (χ1) is 7.04. The van der Waals surface area contributed by atoms with Crippen molar-refractivity contribution in [3.63, 3.8) is 0 Å². The van der Waals surface area contributed by atoms with E-state index < -0.39 is 0 Å². The van der Waals surface area contributed by atoms with Gasteiger partial charge in [-0.25, -0.2) is 0 Å². The van der Waals surface area contributed by atoms with E-state index in [4.69, 9.17) is 23.2 Å². The van der Waals surface area contributed by atoms with Crippen molar-refractivity contribution in [1.82, 2.24) is 0 Å². The average molecular weight is 439 g/mol. The Kier molecular flexibility index (Phi) is 6.00. The summed E-state index contributed by atoms with van der Waals surface area (Å²) in [7, 11) is 0. The lowest BCUT2D eigenvalue weighted by Crippen LogP contribution is -2.02. The number of halogens is 5. The third-order valence-electron chi connectivity index (χ3n) is 1.56. The molecule has 1 aromatic carbocycles. The average Bonchev–Trinajstić information content (AvgIpc) is 2.15. The van der Waals surface area contributed by atoms with E-state index in [1.807, 2.05) is 12.1 Å². The first kappa shape index (κ1) is 13.8. The molecule has 0 bridgehead atoms. The minimum atomic E-state index is 0.490. The van der Waals surface area contributed by atoms with Crippen LogP contribution in [0.25, 0.3) is 0 Å². The number of anilines is 1. The van der Waals surface area contributed by atoms with Crippen molar-refractivity contribution >= 4 is 76.7 Å². The van der Waals surface area contributed by atoms with E-state index in [1.54, 1.807) is 0 Å². The molecular formula is C9H6Br3Cl2N. The summed E-state index contributed by atoms with van der Waals surface area (Å²) in [5, 5.41) is 3.71. The molecule has 0 saturated heterocycles. The molecule has 0 radical (unpaired) electrons. The van der Waals surface area contributed by atoms with E-state index in [2.05, 4.69) is 53.1 Å². The zero-order chi connectivity index (χ0) is 11.4. The number of hydrogen-bond acceptors (Lipinski definition) is 1. The zero-order valence-electron chi connectivity index (χ0n) is 7.33. The van der Waals surface area contributed by atoms with Crippen molar-refractivity contribution in [2.24, 2.45) is 0 Å². The molecule has 0 aromatic heterocycles. The number of benzene rings is 1. The Bertz CT molecular complexity index is 370. The lowest BCUT2D eigenvalue weighted by Gasteiger charge is -2.10. The SMILES string of the molecule is ClC=C(Cl)CNc1c(Br)cc(Br)cc1Br. The van der Waals surface area contributed by atoms with E-state index in [0.717, 1.165) is 19.1 Å². The van der Waals surface area contributed by atoms with Crippen molar-refractivity contribution < 1.29 is 0 Å². The molecule has 1 N–H and O–H groups in total. The van der Waals surface area contributed by atoms with E-state index in [9.17, 15) is 0 Å². The highest BCUT2D eigenvalue weighted by Crippen LogP contribution is 2.34. The molecule has 1 rings (SSSR count). The summed E-state index contributed by atoms with van der Waals surface area (Å²) in [6.45, 7) is 0.490. The molecule has 0 unspecified atom stereocenters. The fourth-order valence-electron chi connectivity index (χ4n) is 0.922. The van der Waals surface area contributed by atoms with Crippen LogP contribution in [-0.4, -0.2) is 6.54 Å². The monoisotopic (exact) mass is 435 g/mol. The van der Waals surface area contributed by atoms with Gasteiger partial charge in [0.25, 0.3) is 0 Å². The standard InChI is InChI=1S/C9H6Br3Cl2N/c10-5-1-7(11)9(8(12)2-5)15-4-6(14)3-13/h1-3,15H,4H2. The van der Waals surface area contributed by atoms with Crippen LogP contribution in [0.4, 0.5) is 5.69 Å². The van der Waals surface area contributed by atoms with Gasteiger partial charge < -0.3 is 5.32 Å². The summed E-state index contributed by atoms with van der Waals surface area (Å²) in [6, 6.07) is 3.90. The van der Waals surface area contributed by atoms with Crippen LogP contribution < -0.4 is 5.32 Å². The molecule has 0 aliphatic carbocycles. The molecule has 0 aliphatic rings. The van der Waals surface area contributed by atoms with Crippen LogP contribution >= 0.6 is 71.0 Å². The molecule has 15 heavy (non-hydrogen) atoms. The number of nitrogens with one attached hydrogen (secondary N) is 1. The molecule has 1 aromatic rings. The lowest BCUT2D eigenvalue weighted by atomic mass is 10.3. The molecule has 0 atom stereocenters. The van der Waals surface area contributed by atoms with E-state index in [-0.39, 0.29) is 0 Å². The van der Waals surface area contributed by atoms with Gasteiger partial charge in [0.2, 0.25) is 0 Å². The first-order valence-electron chi connectivity index (χ1n) is 3.87. The summed E-state index contributed by atoms with van der Waals surface area (Å²) < 4.78 is 2.89. The van der Waals surface area contributed by atoms with Crippen molar-refractivity contribution in [3.05, 3.63) is 36.1 Å². The van der Waals surface area contributed by atoms with E-state index >= 15 is 0 Å². The Hall–Kier alpha value is 0.780. The summed E-state index contributed by atoms with van der Waals surface area (Å²) in [5.74, 6) is 0. The summed E-state index contributed by atoms with van der Waals surface area (Å²) in [5.41, 5.74) is 2.28. The second-order valence-electron chi connectivity index (χ2n) is 2.65. The maximum Gasteiger partial charge on any atom is 0.0632 e. The Labute approximate surface area is 124 Å². The van der Waals surface area contributed by atoms with Crippen molar-refractivity contribution in [3.8, 4) is 0 Å². The third kappa shape index (κ3) is 4.27. The van der Waals surface area contributed by atoms with Crippen LogP contribution in [0.1, 0.15) is 0 Å². The fraction of sp³-hybridized carbons (Fsp3) is 0.111. The van der Waals surface area contributed by atoms with Gasteiger partial charge in [0.05, 0.1) is 12.2 Å². The van der Waals surface area contributed by atoms with Crippen LogP contribution in [0.5, 0.6) is 0 Å². The van der Waals surface area contributed by atoms with Gasteiger partial charge in [-0.2, -0.15) is 0 Å². The highest BCUT2D eigenvalue weighted by Gasteiger charge is 2.06. The van der Waals surface area contributed by atoms with Gasteiger partial charge >= 0.3 is 0 Å². The Balaban J connectivity index is 2.86. The topological polar surface area (TPSA) is 12.0 Å². The second-order valence-corrected chi connectivity index (χ2v) is 5.98. The number of rotatable bonds is 3. The van der Waals surface area contributed by atoms with E-state index in [1.165, 1.54) is 5.54 Å². The zero-order valence-corrected chi connectivity index (χ0v) is 13.6. The Morgan fingerprint density at radius 3 is 2.27 bits per heavy atom. The Morgan fingerprint density at radius 1 is 1.27 bits per heavy atom. The molecule has 0 amide bonds. The lowest BCUT2D eigenvalue weighted by molar-refractivity contribution is 1.29. The summed E-state index contributed by atoms with van der Waals surface area (Å²) in [6.07, 6.45) is 0. The van der Waals surface area contributed by atoms with Gasteiger partial charge in [0.15, 0.2) is 0 Å². The van der Waals surface area contributed by atoms with Gasteiger partial charge in [-0.15, -0.1) is 0 Å². The molecule has 0 aliphatic heterocycles. The molecule has 82 valence electrons. The smallest absolute Gasteiger partial charge is 0.0632 e. The third-order valence-corrected chi connectivity index (χ3v) is 3.89. The molecule has 0 fully saturated rings. The Morgan fingerprint density at radius 2 is 1.80 bits per heavy atom. The van der Waals surface area contributed by atoms with Crippen LogP contribution in [0, 0.1) is 0 Å². The number of hydrogen-bond donors (Lipinski definition) is 1. The minimum Gasteiger partial charge on any atom is -0.378 e. The van der Waals surface area contributed by atoms with Gasteiger partial charge in [-0.05, 0) is 44.0 Å². The van der Waals surface area contributed by atoms with Crippen molar-refractivity contribution in [1.29, 1.82) is 0 Å². The first-order valence-corrected chi connectivity index (χ1v) is 7.07. The highest BCUT2D eigenvalue weighted by atomic mass is 79.9. The fourth-order valence-corrected chi connectivity index (χ4v) is 3.61. The van der Waals surface area contributed by atoms with Gasteiger partial charge in [-0.3, -0.25) is 0 Å². The summed E-state index contributed by atoms with van der Waals surface area (Å²) in [4.78, 5) is 0. The molecule has 6 heteroatoms. The predicted octanol–water partition coefficient (Wildman–Crippen LogP) is 5.71. The normalized spacial score (nSPS) is 11.7. The second kappa shape index (κ2) is 6.50. The van der Waals surface area contributed by atoms with Crippen LogP contribution in [0.2, 0.25) is 0 Å². The molecule has 0 spiro atoms. The maximum absolute atomic E-state index is 5.78. The molecular weight excluding hydrogens is 433 g/mol. The van der Waals surface area contributed by atoms with Crippen LogP contribution in [0.15, 0.2) is 36.1 Å². The van der Waals surface area contributed by atoms with Crippen LogP contribution in [0.3, 0.4) is 0 Å². The quantitative estimate of drug-likeness (QED) is 0.638. The molecule has 1 nitrogen and oxygen atoms in total. The summed E-state index contributed by atoms with van der Waals surface area (Å²) >= 11 is 21.5.